The van der Waals surface area contributed by atoms with Crippen LogP contribution >= 0.6 is 0 Å². The highest BCUT2D eigenvalue weighted by molar-refractivity contribution is 6.36. The maximum atomic E-state index is 10.5. The molecule has 9 heterocycles. The van der Waals surface area contributed by atoms with E-state index in [2.05, 4.69) is 423 Å². The molecule has 21 aromatic carbocycles. The standard InChI is InChI=1S/3C44H25N5/c45-26-28-19-20-29(27-46)40(25-28)49-43-32(21-23-38-41(43)34-15-7-9-17-36(34)47(38)30-11-3-1-4-12-30)33-22-24-39-42(44(33)49)35-16-8-10-18-37(35)48(39)31-13-5-2-6-14-31;45-26-28-10-9-15-32(24-28)48-39-23-21-34-33-20-22-38-41(35-16-7-8-17-37(35)47(38)30-11-3-1-4-12-30)43(33)49(31-13-5-2-6-14-31)44(34)42(39)36-19-18-29(27-46)25-40(36)48;45-26-28-15-18-32(19-16-28)47-37-14-8-7-13-35(37)41-38(47)23-21-33-34-22-24-39-42(44(34)49(43(33)41)31-11-5-2-6-12-31)36-20-17-29(27-46)25-40(36)48(39)30-9-3-1-4-10-30/h3*1-25H. The second kappa shape index (κ2) is 33.2. The van der Waals surface area contributed by atoms with Gasteiger partial charge in [-0.15, -0.1) is 0 Å². The zero-order valence-electron chi connectivity index (χ0n) is 78.5. The number of fused-ring (bicyclic) bond motifs is 33. The van der Waals surface area contributed by atoms with Crippen molar-refractivity contribution in [3.8, 4) is 87.6 Å². The summed E-state index contributed by atoms with van der Waals surface area (Å²) in [5.74, 6) is 0. The van der Waals surface area contributed by atoms with Gasteiger partial charge in [0, 0.05) is 142 Å². The molecule has 15 nitrogen and oxygen atoms in total. The van der Waals surface area contributed by atoms with Crippen molar-refractivity contribution in [3.05, 3.63) is 488 Å². The van der Waals surface area contributed by atoms with Crippen LogP contribution in [-0.4, -0.2) is 41.1 Å². The fraction of sp³-hybridized carbons (Fsp3) is 0. The van der Waals surface area contributed by atoms with Crippen molar-refractivity contribution >= 4 is 196 Å². The minimum atomic E-state index is 0.502. The molecule has 147 heavy (non-hydrogen) atoms. The number of aromatic nitrogens is 9. The molecule has 0 fully saturated rings. The lowest BCUT2D eigenvalue weighted by Gasteiger charge is -2.13. The van der Waals surface area contributed by atoms with E-state index in [4.69, 9.17) is 0 Å². The Bertz CT molecular complexity index is 11000. The van der Waals surface area contributed by atoms with Crippen LogP contribution in [0.2, 0.25) is 0 Å². The number of nitrogens with zero attached hydrogens (tertiary/aromatic N) is 15. The topological polar surface area (TPSA) is 187 Å². The molecule has 30 aromatic rings. The maximum Gasteiger partial charge on any atom is 0.101 e. The first-order chi connectivity index (χ1) is 72.8. The predicted octanol–water partition coefficient (Wildman–Crippen LogP) is 32.2. The third kappa shape index (κ3) is 12.5. The van der Waals surface area contributed by atoms with Gasteiger partial charge < -0.3 is 41.1 Å². The summed E-state index contributed by atoms with van der Waals surface area (Å²) >= 11 is 0. The predicted molar refractivity (Wildman–Crippen MR) is 597 cm³/mol. The number of para-hydroxylation sites is 10. The van der Waals surface area contributed by atoms with Crippen LogP contribution in [0, 0.1) is 68.0 Å². The van der Waals surface area contributed by atoms with E-state index in [1.54, 1.807) is 12.1 Å². The van der Waals surface area contributed by atoms with E-state index in [0.29, 0.717) is 39.1 Å². The number of hydrogen-bond acceptors (Lipinski definition) is 6. The molecule has 678 valence electrons. The molecule has 0 unspecified atom stereocenters. The lowest BCUT2D eigenvalue weighted by molar-refractivity contribution is 1.16. The van der Waals surface area contributed by atoms with Gasteiger partial charge in [-0.25, -0.2) is 0 Å². The van der Waals surface area contributed by atoms with Crippen LogP contribution in [0.4, 0.5) is 0 Å². The Morgan fingerprint density at radius 2 is 0.354 bits per heavy atom. The Hall–Kier alpha value is -21.2. The monoisotopic (exact) mass is 1870 g/mol. The molecule has 0 aliphatic rings. The Morgan fingerprint density at radius 1 is 0.129 bits per heavy atom. The van der Waals surface area contributed by atoms with Gasteiger partial charge in [0.05, 0.1) is 169 Å². The summed E-state index contributed by atoms with van der Waals surface area (Å²) in [5.41, 5.74) is 31.9. The fourth-order valence-electron chi connectivity index (χ4n) is 23.7. The largest absolute Gasteiger partial charge is 0.309 e. The van der Waals surface area contributed by atoms with Gasteiger partial charge in [-0.3, -0.25) is 0 Å². The summed E-state index contributed by atoms with van der Waals surface area (Å²) in [4.78, 5) is 0. The van der Waals surface area contributed by atoms with Crippen molar-refractivity contribution in [2.24, 2.45) is 0 Å². The third-order valence-electron chi connectivity index (χ3n) is 29.6. The first-order valence-corrected chi connectivity index (χ1v) is 48.7. The summed E-state index contributed by atoms with van der Waals surface area (Å²) in [6, 6.07) is 171. The van der Waals surface area contributed by atoms with E-state index < -0.39 is 0 Å². The van der Waals surface area contributed by atoms with Crippen LogP contribution in [0.3, 0.4) is 0 Å². The summed E-state index contributed by atoms with van der Waals surface area (Å²) < 4.78 is 20.9. The summed E-state index contributed by atoms with van der Waals surface area (Å²) in [6.07, 6.45) is 0. The lowest BCUT2D eigenvalue weighted by Crippen LogP contribution is -2.00. The molecule has 0 bridgehead atoms. The second-order valence-electron chi connectivity index (χ2n) is 37.2. The van der Waals surface area contributed by atoms with E-state index in [1.807, 2.05) is 97.1 Å². The Morgan fingerprint density at radius 3 is 0.660 bits per heavy atom. The smallest absolute Gasteiger partial charge is 0.101 e. The summed E-state index contributed by atoms with van der Waals surface area (Å²) in [6.45, 7) is 0. The molecule has 0 amide bonds. The first-order valence-electron chi connectivity index (χ1n) is 48.7. The van der Waals surface area contributed by atoms with Crippen LogP contribution in [0.25, 0.3) is 247 Å². The van der Waals surface area contributed by atoms with Crippen LogP contribution < -0.4 is 0 Å². The first kappa shape index (κ1) is 83.9. The molecule has 0 saturated heterocycles. The van der Waals surface area contributed by atoms with Gasteiger partial charge in [0.25, 0.3) is 0 Å². The van der Waals surface area contributed by atoms with Crippen molar-refractivity contribution in [3.63, 3.8) is 0 Å². The quantitative estimate of drug-likeness (QED) is 0.138. The second-order valence-corrected chi connectivity index (χ2v) is 37.2. The minimum Gasteiger partial charge on any atom is -0.309 e. The van der Waals surface area contributed by atoms with Crippen molar-refractivity contribution < 1.29 is 0 Å². The van der Waals surface area contributed by atoms with Gasteiger partial charge in [0.1, 0.15) is 6.07 Å². The number of nitriles is 6. The molecule has 0 radical (unpaired) electrons. The number of rotatable bonds is 9. The van der Waals surface area contributed by atoms with E-state index in [9.17, 15) is 31.6 Å². The van der Waals surface area contributed by atoms with Crippen LogP contribution in [0.1, 0.15) is 33.4 Å². The Kier molecular flexibility index (Phi) is 19.0. The van der Waals surface area contributed by atoms with Gasteiger partial charge in [0.2, 0.25) is 0 Å². The van der Waals surface area contributed by atoms with Gasteiger partial charge in [-0.1, -0.05) is 237 Å². The van der Waals surface area contributed by atoms with Crippen molar-refractivity contribution in [2.45, 2.75) is 0 Å². The van der Waals surface area contributed by atoms with E-state index in [0.717, 1.165) is 209 Å². The van der Waals surface area contributed by atoms with E-state index in [-0.39, 0.29) is 0 Å². The van der Waals surface area contributed by atoms with Crippen LogP contribution in [0.5, 0.6) is 0 Å². The summed E-state index contributed by atoms with van der Waals surface area (Å²) in [5, 5.41) is 80.1. The maximum absolute atomic E-state index is 10.5. The van der Waals surface area contributed by atoms with Gasteiger partial charge in [-0.2, -0.15) is 31.6 Å². The van der Waals surface area contributed by atoms with Gasteiger partial charge in [-0.05, 0) is 218 Å². The zero-order chi connectivity index (χ0) is 97.9. The van der Waals surface area contributed by atoms with Crippen molar-refractivity contribution in [2.75, 3.05) is 0 Å². The Labute approximate surface area is 839 Å². The third-order valence-corrected chi connectivity index (χ3v) is 29.6. The Balaban J connectivity index is 0.000000107. The molecule has 0 atom stereocenters. The highest BCUT2D eigenvalue weighted by Crippen LogP contribution is 2.52. The van der Waals surface area contributed by atoms with Crippen molar-refractivity contribution in [1.29, 1.82) is 31.6 Å². The normalized spacial score (nSPS) is 11.6. The van der Waals surface area contributed by atoms with Crippen LogP contribution in [-0.2, 0) is 0 Å². The molecule has 0 aliphatic carbocycles. The average molecular weight is 1870 g/mol. The van der Waals surface area contributed by atoms with E-state index in [1.165, 1.54) is 32.3 Å². The average Bonchev–Trinajstić information content (AvgIpc) is 1.53. The molecule has 0 N–H and O–H groups in total. The van der Waals surface area contributed by atoms with Gasteiger partial charge >= 0.3 is 0 Å². The fourth-order valence-corrected chi connectivity index (χ4v) is 23.7. The molecule has 9 aromatic heterocycles. The lowest BCUT2D eigenvalue weighted by atomic mass is 10.1. The van der Waals surface area contributed by atoms with E-state index >= 15 is 0 Å². The highest BCUT2D eigenvalue weighted by Gasteiger charge is 2.32. The zero-order valence-corrected chi connectivity index (χ0v) is 78.5. The molecule has 0 aliphatic heterocycles. The summed E-state index contributed by atoms with van der Waals surface area (Å²) in [7, 11) is 0. The number of benzene rings is 21. The minimum absolute atomic E-state index is 0.502. The highest BCUT2D eigenvalue weighted by atomic mass is 15.1. The molecule has 0 spiro atoms. The molecule has 15 heteroatoms. The SMILES string of the molecule is N#Cc1ccc(-n2c3ccccc3c3c2ccc2c4ccc5c(c6ccc(C#N)cc6n5-c5ccccc5)c4n(-c4ccccc4)c23)cc1.N#Cc1ccc(C#N)c(-n2c3c(ccc4c3c3ccccc3n4-c3ccccc3)c3ccc4c(c5ccccc5n4-c4ccccc4)c32)c1.N#Cc1cccc(-n2c3cc(C#N)ccc3c3c2ccc2c4ccc5c(c6ccccc6n5-c5ccccc5)c4n(-c4ccccc4)c23)c1. The van der Waals surface area contributed by atoms with Crippen LogP contribution in [0.15, 0.2) is 455 Å². The number of hydrogen-bond donors (Lipinski definition) is 0. The molecular formula is C132H75N15. The molecule has 0 saturated carbocycles. The van der Waals surface area contributed by atoms with Gasteiger partial charge in [0.15, 0.2) is 0 Å². The molecular weight excluding hydrogens is 1800 g/mol. The molecule has 30 rings (SSSR count). The van der Waals surface area contributed by atoms with Crippen molar-refractivity contribution in [1.82, 2.24) is 41.1 Å².